The van der Waals surface area contributed by atoms with Gasteiger partial charge in [0.05, 0.1) is 17.3 Å². The summed E-state index contributed by atoms with van der Waals surface area (Å²) < 4.78 is 7.61. The Kier molecular flexibility index (Phi) is 6.32. The van der Waals surface area contributed by atoms with Gasteiger partial charge in [-0.05, 0) is 60.7 Å². The number of nitrogens with zero attached hydrogens (tertiary/aromatic N) is 2. The zero-order chi connectivity index (χ0) is 22.7. The van der Waals surface area contributed by atoms with Crippen LogP contribution < -0.4 is 4.80 Å². The van der Waals surface area contributed by atoms with Gasteiger partial charge < -0.3 is 9.30 Å². The van der Waals surface area contributed by atoms with Crippen LogP contribution in [0.25, 0.3) is 10.2 Å². The van der Waals surface area contributed by atoms with Crippen LogP contribution in [0, 0.1) is 13.8 Å². The molecule has 3 aromatic carbocycles. The molecule has 0 aliphatic heterocycles. The lowest BCUT2D eigenvalue weighted by Crippen LogP contribution is -2.22. The van der Waals surface area contributed by atoms with Crippen molar-refractivity contribution < 1.29 is 14.3 Å². The Morgan fingerprint density at radius 3 is 2.34 bits per heavy atom. The van der Waals surface area contributed by atoms with Crippen LogP contribution in [0.1, 0.15) is 32.6 Å². The minimum Gasteiger partial charge on any atom is -0.468 e. The number of carbonyl (C=O) groups is 2. The summed E-state index contributed by atoms with van der Waals surface area (Å²) in [6, 6.07) is 21.8. The number of fused-ring (bicyclic) bond motifs is 1. The fourth-order valence-electron chi connectivity index (χ4n) is 3.77. The van der Waals surface area contributed by atoms with Gasteiger partial charge in [0.2, 0.25) is 0 Å². The molecule has 0 saturated carbocycles. The van der Waals surface area contributed by atoms with Crippen LogP contribution in [0.2, 0.25) is 0 Å². The van der Waals surface area contributed by atoms with Gasteiger partial charge in [0.1, 0.15) is 6.54 Å². The van der Waals surface area contributed by atoms with Crippen LogP contribution in [-0.2, 0) is 22.5 Å². The Bertz CT molecular complexity index is 1350. The van der Waals surface area contributed by atoms with E-state index in [0.29, 0.717) is 10.4 Å². The summed E-state index contributed by atoms with van der Waals surface area (Å²) in [7, 11) is 1.35. The molecule has 0 spiro atoms. The molecule has 1 amide bonds. The number of rotatable bonds is 5. The van der Waals surface area contributed by atoms with Crippen molar-refractivity contribution in [1.82, 2.24) is 4.57 Å². The van der Waals surface area contributed by atoms with E-state index in [-0.39, 0.29) is 18.4 Å². The molecule has 162 valence electrons. The molecule has 1 aromatic heterocycles. The van der Waals surface area contributed by atoms with Crippen molar-refractivity contribution in [3.63, 3.8) is 0 Å². The maximum Gasteiger partial charge on any atom is 0.325 e. The van der Waals surface area contributed by atoms with Gasteiger partial charge in [-0.2, -0.15) is 4.99 Å². The van der Waals surface area contributed by atoms with Gasteiger partial charge in [-0.1, -0.05) is 59.9 Å². The first-order valence-electron chi connectivity index (χ1n) is 10.3. The van der Waals surface area contributed by atoms with E-state index in [9.17, 15) is 9.59 Å². The molecule has 0 atom stereocenters. The van der Waals surface area contributed by atoms with Crippen molar-refractivity contribution in [2.45, 2.75) is 26.8 Å². The monoisotopic (exact) mass is 444 g/mol. The lowest BCUT2D eigenvalue weighted by atomic mass is 10.0. The molecule has 0 aliphatic carbocycles. The van der Waals surface area contributed by atoms with Crippen LogP contribution in [0.4, 0.5) is 0 Å². The van der Waals surface area contributed by atoms with E-state index in [4.69, 9.17) is 4.74 Å². The van der Waals surface area contributed by atoms with E-state index in [0.717, 1.165) is 33.3 Å². The predicted molar refractivity (Wildman–Crippen MR) is 127 cm³/mol. The molecular weight excluding hydrogens is 420 g/mol. The number of hydrogen-bond acceptors (Lipinski definition) is 4. The quantitative estimate of drug-likeness (QED) is 0.415. The summed E-state index contributed by atoms with van der Waals surface area (Å²) in [4.78, 5) is 29.8. The maximum absolute atomic E-state index is 12.9. The van der Waals surface area contributed by atoms with E-state index in [1.807, 2.05) is 50.2 Å². The van der Waals surface area contributed by atoms with Gasteiger partial charge in [0.25, 0.3) is 5.91 Å². The van der Waals surface area contributed by atoms with Gasteiger partial charge in [0, 0.05) is 5.56 Å². The summed E-state index contributed by atoms with van der Waals surface area (Å²) in [5.41, 5.74) is 5.90. The Morgan fingerprint density at radius 1 is 0.969 bits per heavy atom. The van der Waals surface area contributed by atoms with Crippen molar-refractivity contribution in [1.29, 1.82) is 0 Å². The zero-order valence-corrected chi connectivity index (χ0v) is 19.1. The number of ether oxygens (including phenoxy) is 1. The SMILES string of the molecule is COC(=O)Cn1c(=NC(=O)c2ccc(Cc3ccccc3)cc2)sc2cc(C)cc(C)c21. The van der Waals surface area contributed by atoms with Crippen molar-refractivity contribution in [2.75, 3.05) is 7.11 Å². The van der Waals surface area contributed by atoms with E-state index >= 15 is 0 Å². The molecular formula is C26H24N2O3S. The zero-order valence-electron chi connectivity index (χ0n) is 18.3. The van der Waals surface area contributed by atoms with Gasteiger partial charge in [-0.3, -0.25) is 9.59 Å². The number of carbonyl (C=O) groups excluding carboxylic acids is 2. The second-order valence-electron chi connectivity index (χ2n) is 7.75. The van der Waals surface area contributed by atoms with E-state index in [1.165, 1.54) is 24.0 Å². The van der Waals surface area contributed by atoms with Crippen molar-refractivity contribution in [2.24, 2.45) is 4.99 Å². The molecule has 0 fully saturated rings. The molecule has 32 heavy (non-hydrogen) atoms. The molecule has 0 unspecified atom stereocenters. The lowest BCUT2D eigenvalue weighted by molar-refractivity contribution is -0.141. The Morgan fingerprint density at radius 2 is 1.66 bits per heavy atom. The molecule has 0 radical (unpaired) electrons. The van der Waals surface area contributed by atoms with Crippen LogP contribution in [-0.4, -0.2) is 23.6 Å². The summed E-state index contributed by atoms with van der Waals surface area (Å²) in [6.45, 7) is 4.02. The molecule has 1 heterocycles. The summed E-state index contributed by atoms with van der Waals surface area (Å²) in [6.07, 6.45) is 0.806. The van der Waals surface area contributed by atoms with E-state index in [2.05, 4.69) is 23.2 Å². The molecule has 6 heteroatoms. The van der Waals surface area contributed by atoms with Crippen LogP contribution in [0.3, 0.4) is 0 Å². The number of thiazole rings is 1. The first-order chi connectivity index (χ1) is 15.4. The number of amides is 1. The first kappa shape index (κ1) is 21.7. The average molecular weight is 445 g/mol. The van der Waals surface area contributed by atoms with Crippen molar-refractivity contribution in [3.8, 4) is 0 Å². The highest BCUT2D eigenvalue weighted by Crippen LogP contribution is 2.23. The summed E-state index contributed by atoms with van der Waals surface area (Å²) in [5.74, 6) is -0.723. The smallest absolute Gasteiger partial charge is 0.325 e. The third-order valence-corrected chi connectivity index (χ3v) is 6.30. The molecule has 5 nitrogen and oxygen atoms in total. The van der Waals surface area contributed by atoms with Crippen LogP contribution in [0.15, 0.2) is 71.7 Å². The normalized spacial score (nSPS) is 11.7. The predicted octanol–water partition coefficient (Wildman–Crippen LogP) is 4.82. The fraction of sp³-hybridized carbons (Fsp3) is 0.192. The number of hydrogen-bond donors (Lipinski definition) is 0. The van der Waals surface area contributed by atoms with Crippen molar-refractivity contribution >= 4 is 33.4 Å². The van der Waals surface area contributed by atoms with Crippen LogP contribution in [0.5, 0.6) is 0 Å². The number of benzene rings is 3. The minimum atomic E-state index is -0.385. The Balaban J connectivity index is 1.68. The molecule has 0 saturated heterocycles. The summed E-state index contributed by atoms with van der Waals surface area (Å²) >= 11 is 1.40. The average Bonchev–Trinajstić information content (AvgIpc) is 3.11. The highest BCUT2D eigenvalue weighted by Gasteiger charge is 2.14. The topological polar surface area (TPSA) is 60.7 Å². The highest BCUT2D eigenvalue weighted by molar-refractivity contribution is 7.16. The standard InChI is InChI=1S/C26H24N2O3S/c1-17-13-18(2)24-22(14-17)32-26(28(24)16-23(29)31-3)27-25(30)21-11-9-20(10-12-21)15-19-7-5-4-6-8-19/h4-14H,15-16H2,1-3H3. The number of methoxy groups -OCH3 is 1. The molecule has 0 N–H and O–H groups in total. The number of esters is 1. The molecule has 4 aromatic rings. The molecule has 0 aliphatic rings. The first-order valence-corrected chi connectivity index (χ1v) is 11.2. The van der Waals surface area contributed by atoms with Gasteiger partial charge in [0.15, 0.2) is 4.80 Å². The Hall–Kier alpha value is -3.51. The fourth-order valence-corrected chi connectivity index (χ4v) is 4.97. The second-order valence-corrected chi connectivity index (χ2v) is 8.76. The largest absolute Gasteiger partial charge is 0.468 e. The summed E-state index contributed by atoms with van der Waals surface area (Å²) in [5, 5.41) is 0. The number of aryl methyl sites for hydroxylation is 2. The van der Waals surface area contributed by atoms with Crippen molar-refractivity contribution in [3.05, 3.63) is 99.3 Å². The number of aromatic nitrogens is 1. The van der Waals surface area contributed by atoms with E-state index in [1.54, 1.807) is 16.7 Å². The lowest BCUT2D eigenvalue weighted by Gasteiger charge is -2.07. The van der Waals surface area contributed by atoms with Gasteiger partial charge >= 0.3 is 5.97 Å². The molecule has 4 rings (SSSR count). The van der Waals surface area contributed by atoms with Gasteiger partial charge in [-0.25, -0.2) is 0 Å². The van der Waals surface area contributed by atoms with Crippen LogP contribution >= 0.6 is 11.3 Å². The highest BCUT2D eigenvalue weighted by atomic mass is 32.1. The second kappa shape index (κ2) is 9.32. The maximum atomic E-state index is 12.9. The third kappa shape index (κ3) is 4.70. The minimum absolute atomic E-state index is 0.00251. The Labute approximate surface area is 190 Å². The third-order valence-electron chi connectivity index (χ3n) is 5.28. The molecule has 0 bridgehead atoms. The van der Waals surface area contributed by atoms with E-state index < -0.39 is 0 Å². The van der Waals surface area contributed by atoms with Gasteiger partial charge in [-0.15, -0.1) is 0 Å².